The Labute approximate surface area is 283 Å². The lowest BCUT2D eigenvalue weighted by atomic mass is 10.0. The molecule has 0 aliphatic rings. The van der Waals surface area contributed by atoms with Crippen molar-refractivity contribution in [2.45, 2.75) is 109 Å². The standard InChI is InChI=1S/C35H52F2N4O6S/c1-5-10-30(11-6-2)48(46,47)23-32(40-34(44)14-9-15-39-24(4)42)35(45)41(21-26-13-8-12-25(7-3)16-26)22-33(43)31(38)19-27-17-28(36)20-29(37)18-27/h8,12-13,16-18,20,30-33,43H,5-7,9-11,14-15,19,21-23,38H2,1-4H3,(H,39,42)(H,40,44)/t31-,32+,33+/m0/s1. The first-order valence-electron chi connectivity index (χ1n) is 16.7. The predicted octanol–water partition coefficient (Wildman–Crippen LogP) is 3.57. The molecule has 5 N–H and O–H groups in total. The number of carbonyl (C=O) groups excluding carboxylic acids is 3. The van der Waals surface area contributed by atoms with E-state index in [-0.39, 0.29) is 50.4 Å². The Balaban J connectivity index is 2.44. The minimum atomic E-state index is -3.86. The highest BCUT2D eigenvalue weighted by molar-refractivity contribution is 7.92. The second-order valence-corrected chi connectivity index (χ2v) is 14.7. The summed E-state index contributed by atoms with van der Waals surface area (Å²) in [5, 5.41) is 15.7. The molecule has 0 radical (unpaired) electrons. The van der Waals surface area contributed by atoms with Gasteiger partial charge in [0.05, 0.1) is 17.1 Å². The number of aliphatic hydroxyl groups excluding tert-OH is 1. The van der Waals surface area contributed by atoms with Gasteiger partial charge in [0.2, 0.25) is 17.7 Å². The summed E-state index contributed by atoms with van der Waals surface area (Å²) in [6, 6.07) is 7.90. The number of sulfone groups is 1. The minimum Gasteiger partial charge on any atom is -0.390 e. The Hall–Kier alpha value is -3.42. The number of nitrogens with two attached hydrogens (primary N) is 1. The van der Waals surface area contributed by atoms with E-state index in [0.717, 1.165) is 30.2 Å². The largest absolute Gasteiger partial charge is 0.390 e. The predicted molar refractivity (Wildman–Crippen MR) is 183 cm³/mol. The van der Waals surface area contributed by atoms with Crippen LogP contribution in [-0.4, -0.2) is 78.4 Å². The van der Waals surface area contributed by atoms with Crippen molar-refractivity contribution in [1.29, 1.82) is 0 Å². The highest BCUT2D eigenvalue weighted by Crippen LogP contribution is 2.19. The van der Waals surface area contributed by atoms with Crippen molar-refractivity contribution in [1.82, 2.24) is 15.5 Å². The topological polar surface area (TPSA) is 159 Å². The van der Waals surface area contributed by atoms with E-state index in [1.54, 1.807) is 6.07 Å². The average molecular weight is 695 g/mol. The van der Waals surface area contributed by atoms with Crippen molar-refractivity contribution >= 4 is 27.6 Å². The number of hydrogen-bond donors (Lipinski definition) is 4. The average Bonchev–Trinajstić information content (AvgIpc) is 3.01. The van der Waals surface area contributed by atoms with Crippen molar-refractivity contribution in [3.8, 4) is 0 Å². The number of nitrogens with zero attached hydrogens (tertiary/aromatic N) is 1. The van der Waals surface area contributed by atoms with Gasteiger partial charge in [-0.05, 0) is 60.9 Å². The van der Waals surface area contributed by atoms with Crippen LogP contribution in [-0.2, 0) is 43.6 Å². The maximum atomic E-state index is 14.3. The van der Waals surface area contributed by atoms with Crippen molar-refractivity contribution in [2.75, 3.05) is 18.8 Å². The quantitative estimate of drug-likeness (QED) is 0.146. The van der Waals surface area contributed by atoms with Crippen LogP contribution in [0.25, 0.3) is 0 Å². The van der Waals surface area contributed by atoms with Crippen molar-refractivity contribution < 1.29 is 36.7 Å². The van der Waals surface area contributed by atoms with Gasteiger partial charge in [0.25, 0.3) is 0 Å². The summed E-state index contributed by atoms with van der Waals surface area (Å²) in [7, 11) is -3.86. The summed E-state index contributed by atoms with van der Waals surface area (Å²) >= 11 is 0. The molecule has 0 aliphatic carbocycles. The van der Waals surface area contributed by atoms with E-state index in [4.69, 9.17) is 5.73 Å². The molecule has 2 aromatic carbocycles. The van der Waals surface area contributed by atoms with E-state index in [1.165, 1.54) is 11.8 Å². The van der Waals surface area contributed by atoms with Crippen LogP contribution in [0.4, 0.5) is 8.78 Å². The molecule has 0 unspecified atom stereocenters. The van der Waals surface area contributed by atoms with E-state index in [9.17, 15) is 36.7 Å². The molecule has 10 nitrogen and oxygen atoms in total. The van der Waals surface area contributed by atoms with Gasteiger partial charge in [-0.1, -0.05) is 57.9 Å². The molecule has 0 saturated heterocycles. The fourth-order valence-corrected chi connectivity index (χ4v) is 7.74. The smallest absolute Gasteiger partial charge is 0.246 e. The fraction of sp³-hybridized carbons (Fsp3) is 0.571. The van der Waals surface area contributed by atoms with E-state index < -0.39 is 62.5 Å². The Morgan fingerprint density at radius 2 is 1.58 bits per heavy atom. The third kappa shape index (κ3) is 14.0. The number of benzene rings is 2. The molecule has 48 heavy (non-hydrogen) atoms. The molecular formula is C35H52F2N4O6S. The summed E-state index contributed by atoms with van der Waals surface area (Å²) in [5.41, 5.74) is 8.20. The molecule has 0 saturated carbocycles. The third-order valence-corrected chi connectivity index (χ3v) is 10.4. The van der Waals surface area contributed by atoms with E-state index >= 15 is 0 Å². The van der Waals surface area contributed by atoms with Crippen LogP contribution in [0.1, 0.15) is 82.9 Å². The van der Waals surface area contributed by atoms with Crippen molar-refractivity contribution in [3.63, 3.8) is 0 Å². The molecule has 3 atom stereocenters. The van der Waals surface area contributed by atoms with Gasteiger partial charge in [-0.2, -0.15) is 0 Å². The summed E-state index contributed by atoms with van der Waals surface area (Å²) in [4.78, 5) is 39.9. The number of carbonyl (C=O) groups is 3. The summed E-state index contributed by atoms with van der Waals surface area (Å²) in [5.74, 6) is -3.75. The molecule has 0 bridgehead atoms. The van der Waals surface area contributed by atoms with Crippen LogP contribution >= 0.6 is 0 Å². The molecule has 0 heterocycles. The zero-order valence-corrected chi connectivity index (χ0v) is 29.3. The highest BCUT2D eigenvalue weighted by atomic mass is 32.2. The van der Waals surface area contributed by atoms with Gasteiger partial charge in [-0.3, -0.25) is 14.4 Å². The lowest BCUT2D eigenvalue weighted by Gasteiger charge is -2.32. The van der Waals surface area contributed by atoms with Gasteiger partial charge in [0.15, 0.2) is 9.84 Å². The zero-order chi connectivity index (χ0) is 35.9. The summed E-state index contributed by atoms with van der Waals surface area (Å²) in [6.45, 7) is 6.96. The Kier molecular flexibility index (Phi) is 17.1. The first kappa shape index (κ1) is 40.8. The van der Waals surface area contributed by atoms with Crippen LogP contribution in [0.15, 0.2) is 42.5 Å². The van der Waals surface area contributed by atoms with E-state index in [1.807, 2.05) is 39.0 Å². The number of aryl methyl sites for hydroxylation is 1. The monoisotopic (exact) mass is 694 g/mol. The first-order chi connectivity index (χ1) is 22.7. The number of halogens is 2. The molecule has 13 heteroatoms. The van der Waals surface area contributed by atoms with E-state index in [2.05, 4.69) is 10.6 Å². The normalized spacial score (nSPS) is 13.5. The second kappa shape index (κ2) is 20.2. The summed E-state index contributed by atoms with van der Waals surface area (Å²) in [6.07, 6.45) is 1.53. The van der Waals surface area contributed by atoms with Crippen LogP contribution < -0.4 is 16.4 Å². The van der Waals surface area contributed by atoms with Crippen LogP contribution in [0, 0.1) is 11.6 Å². The number of rotatable bonds is 21. The van der Waals surface area contributed by atoms with Gasteiger partial charge in [-0.15, -0.1) is 0 Å². The van der Waals surface area contributed by atoms with Crippen LogP contribution in [0.2, 0.25) is 0 Å². The SMILES string of the molecule is CCCC(CCC)S(=O)(=O)C[C@@H](NC(=O)CCCNC(C)=O)C(=O)N(Cc1cccc(CC)c1)C[C@@H](O)[C@@H](N)Cc1cc(F)cc(F)c1. The van der Waals surface area contributed by atoms with Gasteiger partial charge in [0.1, 0.15) is 17.7 Å². The number of hydrogen-bond acceptors (Lipinski definition) is 7. The molecule has 0 aliphatic heterocycles. The number of nitrogens with one attached hydrogen (secondary N) is 2. The molecule has 2 rings (SSSR count). The number of amides is 3. The molecule has 2 aromatic rings. The highest BCUT2D eigenvalue weighted by Gasteiger charge is 2.35. The van der Waals surface area contributed by atoms with Crippen molar-refractivity contribution in [3.05, 3.63) is 70.8 Å². The van der Waals surface area contributed by atoms with E-state index in [0.29, 0.717) is 31.2 Å². The van der Waals surface area contributed by atoms with Gasteiger partial charge in [-0.25, -0.2) is 17.2 Å². The minimum absolute atomic E-state index is 0.0205. The lowest BCUT2D eigenvalue weighted by Crippen LogP contribution is -2.55. The molecular weight excluding hydrogens is 642 g/mol. The Morgan fingerprint density at radius 3 is 2.17 bits per heavy atom. The van der Waals surface area contributed by atoms with Crippen molar-refractivity contribution in [2.24, 2.45) is 5.73 Å². The Bertz CT molecular complexity index is 1430. The third-order valence-electron chi connectivity index (χ3n) is 8.10. The molecule has 268 valence electrons. The summed E-state index contributed by atoms with van der Waals surface area (Å²) < 4.78 is 55.0. The maximum Gasteiger partial charge on any atom is 0.246 e. The molecule has 0 fully saturated rings. The molecule has 3 amide bonds. The maximum absolute atomic E-state index is 14.3. The Morgan fingerprint density at radius 1 is 0.958 bits per heavy atom. The lowest BCUT2D eigenvalue weighted by molar-refractivity contribution is -0.137. The van der Waals surface area contributed by atoms with Crippen LogP contribution in [0.5, 0.6) is 0 Å². The number of aliphatic hydroxyl groups is 1. The van der Waals surface area contributed by atoms with Gasteiger partial charge >= 0.3 is 0 Å². The second-order valence-electron chi connectivity index (χ2n) is 12.3. The fourth-order valence-electron chi connectivity index (χ4n) is 5.59. The zero-order valence-electron chi connectivity index (χ0n) is 28.5. The molecule has 0 aromatic heterocycles. The first-order valence-corrected chi connectivity index (χ1v) is 18.4. The molecule has 0 spiro atoms. The van der Waals surface area contributed by atoms with Crippen LogP contribution in [0.3, 0.4) is 0 Å². The van der Waals surface area contributed by atoms with Gasteiger partial charge < -0.3 is 26.4 Å². The van der Waals surface area contributed by atoms with Gasteiger partial charge in [0, 0.05) is 45.1 Å².